The van der Waals surface area contributed by atoms with E-state index in [1.807, 2.05) is 30.3 Å². The zero-order valence-corrected chi connectivity index (χ0v) is 17.8. The van der Waals surface area contributed by atoms with Crippen molar-refractivity contribution in [2.75, 3.05) is 12.3 Å². The van der Waals surface area contributed by atoms with Crippen molar-refractivity contribution in [3.05, 3.63) is 66.2 Å². The summed E-state index contributed by atoms with van der Waals surface area (Å²) in [5.41, 5.74) is 0.302. The molecular formula is C22H23NO4S2. The molecule has 3 atom stereocenters. The predicted molar refractivity (Wildman–Crippen MR) is 116 cm³/mol. The molecule has 5 nitrogen and oxygen atoms in total. The topological polar surface area (TPSA) is 63.7 Å². The molecule has 0 spiro atoms. The van der Waals surface area contributed by atoms with Gasteiger partial charge in [-0.05, 0) is 30.7 Å². The number of hydrogen-bond acceptors (Lipinski definition) is 6. The number of amides is 1. The first-order valence-electron chi connectivity index (χ1n) is 9.43. The van der Waals surface area contributed by atoms with Crippen LogP contribution in [0.4, 0.5) is 0 Å². The molecule has 0 radical (unpaired) electrons. The summed E-state index contributed by atoms with van der Waals surface area (Å²) in [5.74, 6) is -1.47. The summed E-state index contributed by atoms with van der Waals surface area (Å²) in [7, 11) is 0. The Bertz CT molecular complexity index is 860. The van der Waals surface area contributed by atoms with Crippen LogP contribution in [0.3, 0.4) is 0 Å². The van der Waals surface area contributed by atoms with E-state index in [0.717, 1.165) is 4.90 Å². The average molecular weight is 430 g/mol. The second kappa shape index (κ2) is 9.98. The van der Waals surface area contributed by atoms with Gasteiger partial charge in [0.15, 0.2) is 0 Å². The smallest absolute Gasteiger partial charge is 0.345 e. The quantitative estimate of drug-likeness (QED) is 0.431. The van der Waals surface area contributed by atoms with Crippen LogP contribution in [-0.2, 0) is 14.3 Å². The molecule has 1 amide bonds. The maximum Gasteiger partial charge on any atom is 0.345 e. The number of carbonyl (C=O) groups is 3. The number of rotatable bonds is 6. The van der Waals surface area contributed by atoms with Crippen LogP contribution in [0.5, 0.6) is 0 Å². The number of thioether (sulfide) groups is 1. The van der Waals surface area contributed by atoms with Crippen molar-refractivity contribution >= 4 is 42.2 Å². The number of benzene rings is 2. The highest BCUT2D eigenvalue weighted by atomic mass is 32.2. The van der Waals surface area contributed by atoms with Crippen LogP contribution in [0.25, 0.3) is 0 Å². The van der Waals surface area contributed by atoms with Gasteiger partial charge in [0.1, 0.15) is 6.04 Å². The van der Waals surface area contributed by atoms with Crippen molar-refractivity contribution in [3.63, 3.8) is 0 Å². The largest absolute Gasteiger partial charge is 0.388 e. The van der Waals surface area contributed by atoms with Crippen LogP contribution in [0.15, 0.2) is 65.6 Å². The van der Waals surface area contributed by atoms with Gasteiger partial charge in [0.25, 0.3) is 0 Å². The number of hydrogen-bond donors (Lipinski definition) is 1. The van der Waals surface area contributed by atoms with E-state index in [9.17, 15) is 14.4 Å². The van der Waals surface area contributed by atoms with Gasteiger partial charge in [0.2, 0.25) is 5.91 Å². The summed E-state index contributed by atoms with van der Waals surface area (Å²) in [6.45, 7) is 2.21. The van der Waals surface area contributed by atoms with Crippen molar-refractivity contribution in [3.8, 4) is 0 Å². The molecular weight excluding hydrogens is 406 g/mol. The molecule has 1 aliphatic heterocycles. The van der Waals surface area contributed by atoms with Crippen molar-refractivity contribution in [2.45, 2.75) is 29.5 Å². The zero-order valence-electron chi connectivity index (χ0n) is 16.1. The molecule has 0 bridgehead atoms. The van der Waals surface area contributed by atoms with Gasteiger partial charge >= 0.3 is 11.9 Å². The normalized spacial score (nSPS) is 19.6. The monoisotopic (exact) mass is 429 g/mol. The molecule has 1 saturated heterocycles. The summed E-state index contributed by atoms with van der Waals surface area (Å²) < 4.78 is 5.11. The van der Waals surface area contributed by atoms with Gasteiger partial charge in [-0.1, -0.05) is 43.3 Å². The first kappa shape index (κ1) is 21.5. The van der Waals surface area contributed by atoms with E-state index in [4.69, 9.17) is 4.74 Å². The van der Waals surface area contributed by atoms with E-state index < -0.39 is 18.0 Å². The van der Waals surface area contributed by atoms with Crippen LogP contribution in [0.1, 0.15) is 23.7 Å². The maximum absolute atomic E-state index is 12.8. The third-order valence-electron chi connectivity index (χ3n) is 4.76. The molecule has 1 aliphatic rings. The van der Waals surface area contributed by atoms with E-state index in [0.29, 0.717) is 24.3 Å². The Hall–Kier alpha value is -2.25. The summed E-state index contributed by atoms with van der Waals surface area (Å²) in [5, 5.41) is 0.0397. The lowest BCUT2D eigenvalue weighted by Crippen LogP contribution is -2.44. The second-order valence-corrected chi connectivity index (χ2v) is 8.69. The molecule has 1 fully saturated rings. The number of likely N-dealkylation sites (tertiary alicyclic amines) is 1. The van der Waals surface area contributed by atoms with E-state index in [1.54, 1.807) is 53.9 Å². The Labute approximate surface area is 180 Å². The molecule has 3 rings (SSSR count). The van der Waals surface area contributed by atoms with Crippen molar-refractivity contribution in [1.29, 1.82) is 0 Å². The SMILES string of the molecule is C[C@H](CS)C(=O)N1C[C@@H](Sc2ccccc2)C[C@H]1C(=O)OC(=O)c1ccccc1. The lowest BCUT2D eigenvalue weighted by molar-refractivity contribution is -0.150. The molecule has 152 valence electrons. The predicted octanol–water partition coefficient (Wildman–Crippen LogP) is 3.70. The van der Waals surface area contributed by atoms with Crippen LogP contribution >= 0.6 is 24.4 Å². The summed E-state index contributed by atoms with van der Waals surface area (Å²) in [6.07, 6.45) is 0.436. The summed E-state index contributed by atoms with van der Waals surface area (Å²) in [4.78, 5) is 40.5. The van der Waals surface area contributed by atoms with E-state index >= 15 is 0 Å². The third-order valence-corrected chi connectivity index (χ3v) is 6.53. The lowest BCUT2D eigenvalue weighted by atomic mass is 10.1. The average Bonchev–Trinajstić information content (AvgIpc) is 3.17. The van der Waals surface area contributed by atoms with Crippen LogP contribution < -0.4 is 0 Å². The first-order valence-corrected chi connectivity index (χ1v) is 10.9. The second-order valence-electron chi connectivity index (χ2n) is 6.95. The number of thiol groups is 1. The Morgan fingerprint density at radius 3 is 2.34 bits per heavy atom. The van der Waals surface area contributed by atoms with Gasteiger partial charge in [0.05, 0.1) is 5.56 Å². The Kier molecular flexibility index (Phi) is 7.39. The molecule has 0 N–H and O–H groups in total. The summed E-state index contributed by atoms with van der Waals surface area (Å²) >= 11 is 5.83. The Morgan fingerprint density at radius 1 is 1.10 bits per heavy atom. The van der Waals surface area contributed by atoms with Gasteiger partial charge in [-0.25, -0.2) is 9.59 Å². The number of nitrogens with zero attached hydrogens (tertiary/aromatic N) is 1. The van der Waals surface area contributed by atoms with Crippen molar-refractivity contribution in [1.82, 2.24) is 4.90 Å². The minimum Gasteiger partial charge on any atom is -0.388 e. The van der Waals surface area contributed by atoms with Crippen molar-refractivity contribution < 1.29 is 19.1 Å². The molecule has 0 unspecified atom stereocenters. The highest BCUT2D eigenvalue weighted by Gasteiger charge is 2.42. The Balaban J connectivity index is 1.74. The van der Waals surface area contributed by atoms with Gasteiger partial charge in [0, 0.05) is 28.4 Å². The molecule has 7 heteroatoms. The zero-order chi connectivity index (χ0) is 20.8. The number of esters is 2. The molecule has 2 aromatic rings. The van der Waals surface area contributed by atoms with E-state index in [2.05, 4.69) is 12.6 Å². The molecule has 29 heavy (non-hydrogen) atoms. The molecule has 0 saturated carbocycles. The van der Waals surface area contributed by atoms with Crippen LogP contribution in [0.2, 0.25) is 0 Å². The minimum absolute atomic E-state index is 0.0397. The van der Waals surface area contributed by atoms with Crippen LogP contribution in [0, 0.1) is 5.92 Å². The highest BCUT2D eigenvalue weighted by molar-refractivity contribution is 8.00. The Morgan fingerprint density at radius 2 is 1.72 bits per heavy atom. The van der Waals surface area contributed by atoms with Crippen molar-refractivity contribution in [2.24, 2.45) is 5.92 Å². The van der Waals surface area contributed by atoms with E-state index in [1.165, 1.54) is 0 Å². The first-order chi connectivity index (χ1) is 14.0. The molecule has 1 heterocycles. The van der Waals surface area contributed by atoms with Gasteiger partial charge in [-0.3, -0.25) is 4.79 Å². The van der Waals surface area contributed by atoms with Gasteiger partial charge in [-0.15, -0.1) is 11.8 Å². The lowest BCUT2D eigenvalue weighted by Gasteiger charge is -2.25. The molecule has 2 aromatic carbocycles. The maximum atomic E-state index is 12.8. The fraction of sp³-hybridized carbons (Fsp3) is 0.318. The number of ether oxygens (including phenoxy) is 1. The fourth-order valence-electron chi connectivity index (χ4n) is 3.20. The van der Waals surface area contributed by atoms with Crippen LogP contribution in [-0.4, -0.2) is 46.3 Å². The standard InChI is InChI=1S/C22H23NO4S2/c1-15(14-28)20(24)23-13-18(29-17-10-6-3-7-11-17)12-19(23)22(26)27-21(25)16-8-4-2-5-9-16/h2-11,15,18-19,28H,12-14H2,1H3/t15-,18+,19+/m1/s1. The van der Waals surface area contributed by atoms with Gasteiger partial charge < -0.3 is 9.64 Å². The fourth-order valence-corrected chi connectivity index (χ4v) is 4.56. The highest BCUT2D eigenvalue weighted by Crippen LogP contribution is 2.34. The minimum atomic E-state index is -0.779. The molecule has 0 aliphatic carbocycles. The molecule has 0 aromatic heterocycles. The number of carbonyl (C=O) groups excluding carboxylic acids is 3. The van der Waals surface area contributed by atoms with E-state index in [-0.39, 0.29) is 17.1 Å². The summed E-state index contributed by atoms with van der Waals surface area (Å²) in [6, 6.07) is 17.4. The third kappa shape index (κ3) is 5.42. The van der Waals surface area contributed by atoms with Gasteiger partial charge in [-0.2, -0.15) is 12.6 Å².